The minimum absolute atomic E-state index is 0.0923. The van der Waals surface area contributed by atoms with E-state index >= 15 is 0 Å². The van der Waals surface area contributed by atoms with Crippen molar-refractivity contribution in [2.24, 2.45) is 0 Å². The third-order valence-electron chi connectivity index (χ3n) is 5.30. The van der Waals surface area contributed by atoms with Gasteiger partial charge in [0.2, 0.25) is 5.91 Å². The van der Waals surface area contributed by atoms with Crippen LogP contribution in [-0.4, -0.2) is 29.4 Å². The molecule has 0 spiro atoms. The van der Waals surface area contributed by atoms with Gasteiger partial charge in [-0.15, -0.1) is 0 Å². The minimum Gasteiger partial charge on any atom is -0.483 e. The maximum Gasteiger partial charge on any atom is 0.261 e. The topological polar surface area (TPSA) is 71.8 Å². The maximum absolute atomic E-state index is 13.3. The second-order valence-corrected chi connectivity index (χ2v) is 7.17. The molecule has 1 atom stereocenters. The number of amides is 2. The molecule has 1 aliphatic carbocycles. The van der Waals surface area contributed by atoms with Gasteiger partial charge in [-0.2, -0.15) is 0 Å². The van der Waals surface area contributed by atoms with E-state index in [0.717, 1.165) is 25.7 Å². The van der Waals surface area contributed by atoms with E-state index in [2.05, 4.69) is 5.32 Å². The number of furan rings is 1. The maximum atomic E-state index is 13.3. The third kappa shape index (κ3) is 3.84. The van der Waals surface area contributed by atoms with Crippen molar-refractivity contribution in [3.63, 3.8) is 0 Å². The van der Waals surface area contributed by atoms with Crippen LogP contribution in [0.4, 0.5) is 0 Å². The fourth-order valence-corrected chi connectivity index (χ4v) is 3.93. The fourth-order valence-electron chi connectivity index (χ4n) is 3.93. The second kappa shape index (κ2) is 7.86. The van der Waals surface area contributed by atoms with Crippen LogP contribution in [0.2, 0.25) is 0 Å². The largest absolute Gasteiger partial charge is 0.483 e. The molecule has 1 unspecified atom stereocenters. The number of nitrogens with one attached hydrogen (secondary N) is 1. The number of rotatable bonds is 4. The molecule has 4 rings (SSSR count). The summed E-state index contributed by atoms with van der Waals surface area (Å²) in [6, 6.07) is 10.4. The van der Waals surface area contributed by atoms with E-state index in [1.807, 2.05) is 18.2 Å². The predicted molar refractivity (Wildman–Crippen MR) is 99.0 cm³/mol. The molecule has 1 aromatic heterocycles. The van der Waals surface area contributed by atoms with Crippen molar-refractivity contribution < 1.29 is 18.7 Å². The lowest BCUT2D eigenvalue weighted by Crippen LogP contribution is -2.46. The first-order valence-electron chi connectivity index (χ1n) is 9.56. The number of nitrogens with zero attached hydrogens (tertiary/aromatic N) is 1. The second-order valence-electron chi connectivity index (χ2n) is 7.17. The molecule has 2 aromatic rings. The third-order valence-corrected chi connectivity index (χ3v) is 5.30. The van der Waals surface area contributed by atoms with Gasteiger partial charge in [-0.05, 0) is 31.0 Å². The van der Waals surface area contributed by atoms with E-state index in [0.29, 0.717) is 17.1 Å². The van der Waals surface area contributed by atoms with Crippen molar-refractivity contribution in [2.45, 2.75) is 50.7 Å². The lowest BCUT2D eigenvalue weighted by molar-refractivity contribution is -0.142. The van der Waals surface area contributed by atoms with E-state index in [1.165, 1.54) is 6.42 Å². The Kier molecular flexibility index (Phi) is 5.14. The van der Waals surface area contributed by atoms with Gasteiger partial charge in [0.1, 0.15) is 17.6 Å². The van der Waals surface area contributed by atoms with Crippen LogP contribution in [0.1, 0.15) is 49.5 Å². The average Bonchev–Trinajstić information content (AvgIpc) is 3.15. The Morgan fingerprint density at radius 1 is 1.11 bits per heavy atom. The molecule has 6 nitrogen and oxygen atoms in total. The van der Waals surface area contributed by atoms with Crippen LogP contribution in [0.25, 0.3) is 0 Å². The molecule has 0 radical (unpaired) electrons. The first kappa shape index (κ1) is 17.6. The van der Waals surface area contributed by atoms with Gasteiger partial charge in [-0.1, -0.05) is 37.5 Å². The smallest absolute Gasteiger partial charge is 0.261 e. The summed E-state index contributed by atoms with van der Waals surface area (Å²) in [4.78, 5) is 27.6. The fraction of sp³-hybridized carbons (Fsp3) is 0.429. The van der Waals surface area contributed by atoms with Gasteiger partial charge in [-0.25, -0.2) is 0 Å². The van der Waals surface area contributed by atoms with Crippen LogP contribution >= 0.6 is 0 Å². The number of hydrogen-bond donors (Lipinski definition) is 1. The highest BCUT2D eigenvalue weighted by Gasteiger charge is 2.37. The normalized spacial score (nSPS) is 20.5. The Hall–Kier alpha value is -2.76. The molecule has 1 saturated carbocycles. The van der Waals surface area contributed by atoms with E-state index in [1.54, 1.807) is 29.4 Å². The molecule has 1 fully saturated rings. The van der Waals surface area contributed by atoms with E-state index in [9.17, 15) is 9.59 Å². The molecule has 2 amide bonds. The molecule has 27 heavy (non-hydrogen) atoms. The van der Waals surface area contributed by atoms with E-state index < -0.39 is 6.04 Å². The van der Waals surface area contributed by atoms with Gasteiger partial charge in [0.25, 0.3) is 5.91 Å². The summed E-state index contributed by atoms with van der Waals surface area (Å²) in [5, 5.41) is 3.17. The zero-order valence-electron chi connectivity index (χ0n) is 15.2. The molecule has 2 aliphatic rings. The Morgan fingerprint density at radius 3 is 2.70 bits per heavy atom. The Bertz CT molecular complexity index is 796. The molecule has 1 N–H and O–H groups in total. The Labute approximate surface area is 158 Å². The van der Waals surface area contributed by atoms with Gasteiger partial charge in [0.05, 0.1) is 12.8 Å². The van der Waals surface area contributed by atoms with E-state index in [-0.39, 0.29) is 31.0 Å². The number of carbonyl (C=O) groups excluding carboxylic acids is 2. The van der Waals surface area contributed by atoms with Crippen LogP contribution in [0.3, 0.4) is 0 Å². The summed E-state index contributed by atoms with van der Waals surface area (Å²) in [5.74, 6) is 0.834. The standard InChI is InChI=1S/C21H24N2O4/c24-19-14-27-18-11-5-4-10-17(18)20(23(19)13-16-9-6-12-26-16)21(25)22-15-7-2-1-3-8-15/h4-6,9-12,15,20H,1-3,7-8,13-14H2,(H,22,25). The number of para-hydroxylation sites is 1. The molecular formula is C21H24N2O4. The summed E-state index contributed by atoms with van der Waals surface area (Å²) in [6.45, 7) is 0.136. The van der Waals surface area contributed by atoms with Crippen molar-refractivity contribution in [3.05, 3.63) is 54.0 Å². The van der Waals surface area contributed by atoms with Crippen LogP contribution in [0.5, 0.6) is 5.75 Å². The number of carbonyl (C=O) groups is 2. The van der Waals surface area contributed by atoms with Crippen LogP contribution < -0.4 is 10.1 Å². The average molecular weight is 368 g/mol. The summed E-state index contributed by atoms with van der Waals surface area (Å²) < 4.78 is 11.1. The quantitative estimate of drug-likeness (QED) is 0.900. The summed E-state index contributed by atoms with van der Waals surface area (Å²) >= 11 is 0. The summed E-state index contributed by atoms with van der Waals surface area (Å²) in [7, 11) is 0. The minimum atomic E-state index is -0.733. The van der Waals surface area contributed by atoms with Gasteiger partial charge < -0.3 is 19.4 Å². The number of fused-ring (bicyclic) bond motifs is 1. The lowest BCUT2D eigenvalue weighted by Gasteiger charge is -2.31. The van der Waals surface area contributed by atoms with Crippen molar-refractivity contribution in [2.75, 3.05) is 6.61 Å². The molecule has 1 aromatic carbocycles. The van der Waals surface area contributed by atoms with E-state index in [4.69, 9.17) is 9.15 Å². The van der Waals surface area contributed by atoms with Gasteiger partial charge >= 0.3 is 0 Å². The number of hydrogen-bond acceptors (Lipinski definition) is 4. The summed E-state index contributed by atoms with van der Waals surface area (Å²) in [6.07, 6.45) is 7.02. The highest BCUT2D eigenvalue weighted by atomic mass is 16.5. The van der Waals surface area contributed by atoms with Crippen LogP contribution in [-0.2, 0) is 16.1 Å². The van der Waals surface area contributed by atoms with Crippen molar-refractivity contribution in [1.29, 1.82) is 0 Å². The highest BCUT2D eigenvalue weighted by Crippen LogP contribution is 2.34. The van der Waals surface area contributed by atoms with Crippen molar-refractivity contribution >= 4 is 11.8 Å². The van der Waals surface area contributed by atoms with Crippen molar-refractivity contribution in [3.8, 4) is 5.75 Å². The van der Waals surface area contributed by atoms with Gasteiger partial charge in [0, 0.05) is 11.6 Å². The van der Waals surface area contributed by atoms with Gasteiger partial charge in [-0.3, -0.25) is 9.59 Å². The first-order chi connectivity index (χ1) is 13.2. The van der Waals surface area contributed by atoms with Crippen LogP contribution in [0.15, 0.2) is 47.1 Å². The SMILES string of the molecule is O=C(NC1CCCCC1)C1c2ccccc2OCC(=O)N1Cc1ccco1. The summed E-state index contributed by atoms with van der Waals surface area (Å²) in [5.41, 5.74) is 0.711. The van der Waals surface area contributed by atoms with Gasteiger partial charge in [0.15, 0.2) is 6.61 Å². The van der Waals surface area contributed by atoms with Crippen LogP contribution in [0, 0.1) is 0 Å². The molecule has 142 valence electrons. The number of benzene rings is 1. The molecular weight excluding hydrogens is 344 g/mol. The molecule has 1 aliphatic heterocycles. The number of ether oxygens (including phenoxy) is 1. The molecule has 2 heterocycles. The zero-order valence-corrected chi connectivity index (χ0v) is 15.2. The molecule has 0 saturated heterocycles. The molecule has 0 bridgehead atoms. The Morgan fingerprint density at radius 2 is 1.93 bits per heavy atom. The lowest BCUT2D eigenvalue weighted by atomic mass is 9.94. The predicted octanol–water partition coefficient (Wildman–Crippen LogP) is 3.19. The molecule has 6 heteroatoms. The van der Waals surface area contributed by atoms with Crippen molar-refractivity contribution in [1.82, 2.24) is 10.2 Å². The zero-order chi connectivity index (χ0) is 18.6. The Balaban J connectivity index is 1.66. The first-order valence-corrected chi connectivity index (χ1v) is 9.56. The monoisotopic (exact) mass is 368 g/mol. The highest BCUT2D eigenvalue weighted by molar-refractivity contribution is 5.90.